The number of guanidine groups is 1. The maximum absolute atomic E-state index is 12.3. The molecule has 2 heterocycles. The second kappa shape index (κ2) is 5.01. The minimum absolute atomic E-state index is 0.00823. The fourth-order valence-electron chi connectivity index (χ4n) is 2.57. The molecule has 0 radical (unpaired) electrons. The number of likely N-dealkylation sites (tertiary alicyclic amines) is 1. The molecule has 1 atom stereocenters. The Balaban J connectivity index is 1.93. The molecule has 2 aliphatic rings. The fraction of sp³-hybridized carbons (Fsp3) is 0.727. The summed E-state index contributed by atoms with van der Waals surface area (Å²) in [5.74, 6) is 0.247. The summed E-state index contributed by atoms with van der Waals surface area (Å²) in [6, 6.07) is 0. The molecule has 5 nitrogen and oxygen atoms in total. The highest BCUT2D eigenvalue weighted by Crippen LogP contribution is 2.31. The summed E-state index contributed by atoms with van der Waals surface area (Å²) < 4.78 is 36.9. The second-order valence-electron chi connectivity index (χ2n) is 5.03. The van der Waals surface area contributed by atoms with Gasteiger partial charge in [-0.05, 0) is 32.0 Å². The van der Waals surface area contributed by atoms with Crippen LogP contribution in [0.5, 0.6) is 0 Å². The summed E-state index contributed by atoms with van der Waals surface area (Å²) in [7, 11) is 0. The van der Waals surface area contributed by atoms with Crippen molar-refractivity contribution in [3.05, 3.63) is 12.3 Å². The maximum atomic E-state index is 12.3. The van der Waals surface area contributed by atoms with Crippen molar-refractivity contribution in [3.8, 4) is 0 Å². The second-order valence-corrected chi connectivity index (χ2v) is 5.03. The molecule has 8 heteroatoms. The average molecular weight is 277 g/mol. The lowest BCUT2D eigenvalue weighted by atomic mass is 9.84. The van der Waals surface area contributed by atoms with Gasteiger partial charge in [0, 0.05) is 12.1 Å². The lowest BCUT2D eigenvalue weighted by Crippen LogP contribution is -2.53. The van der Waals surface area contributed by atoms with Crippen LogP contribution in [0.2, 0.25) is 0 Å². The van der Waals surface area contributed by atoms with Crippen molar-refractivity contribution in [2.75, 3.05) is 19.6 Å². The van der Waals surface area contributed by atoms with Gasteiger partial charge < -0.3 is 16.8 Å². The molecular weight excluding hydrogens is 259 g/mol. The number of rotatable bonds is 2. The monoisotopic (exact) mass is 277 g/mol. The standard InChI is InChI=1S/C11H18F3N5/c12-11(13,14)7-19-5-1-8(2-6-19)10(16)3-4-17-9(15)18-10/h3-4,8H,1-2,5-7,16H2,(H3,15,17,18). The van der Waals surface area contributed by atoms with Gasteiger partial charge >= 0.3 is 6.18 Å². The lowest BCUT2D eigenvalue weighted by molar-refractivity contribution is -0.149. The molecule has 0 amide bonds. The molecule has 0 aromatic heterocycles. The van der Waals surface area contributed by atoms with E-state index in [4.69, 9.17) is 11.5 Å². The van der Waals surface area contributed by atoms with Gasteiger partial charge in [-0.15, -0.1) is 0 Å². The van der Waals surface area contributed by atoms with Crippen LogP contribution in [0.15, 0.2) is 17.3 Å². The van der Waals surface area contributed by atoms with Crippen LogP contribution in [0.4, 0.5) is 13.2 Å². The van der Waals surface area contributed by atoms with E-state index in [2.05, 4.69) is 10.3 Å². The molecule has 1 saturated heterocycles. The average Bonchev–Trinajstić information content (AvgIpc) is 2.27. The first-order valence-electron chi connectivity index (χ1n) is 6.16. The first kappa shape index (κ1) is 14.1. The molecular formula is C11H18F3N5. The van der Waals surface area contributed by atoms with Gasteiger partial charge in [0.25, 0.3) is 0 Å². The zero-order valence-electron chi connectivity index (χ0n) is 10.5. The van der Waals surface area contributed by atoms with Crippen molar-refractivity contribution in [2.24, 2.45) is 22.4 Å². The van der Waals surface area contributed by atoms with Crippen LogP contribution in [0.25, 0.3) is 0 Å². The van der Waals surface area contributed by atoms with Crippen molar-refractivity contribution in [2.45, 2.75) is 24.7 Å². The predicted octanol–water partition coefficient (Wildman–Crippen LogP) is 0.347. The Morgan fingerprint density at radius 2 is 2.05 bits per heavy atom. The van der Waals surface area contributed by atoms with Crippen molar-refractivity contribution < 1.29 is 13.2 Å². The summed E-state index contributed by atoms with van der Waals surface area (Å²) in [5, 5.41) is 2.72. The lowest BCUT2D eigenvalue weighted by Gasteiger charge is -2.39. The SMILES string of the molecule is NC1=NC(N)(C2CCN(CC(F)(F)F)CC2)C=CN1. The van der Waals surface area contributed by atoms with E-state index >= 15 is 0 Å². The molecule has 19 heavy (non-hydrogen) atoms. The van der Waals surface area contributed by atoms with Gasteiger partial charge in [0.2, 0.25) is 0 Å². The largest absolute Gasteiger partial charge is 0.401 e. The van der Waals surface area contributed by atoms with Crippen LogP contribution in [-0.4, -0.2) is 42.3 Å². The van der Waals surface area contributed by atoms with Gasteiger partial charge in [0.05, 0.1) is 6.54 Å². The normalized spacial score (nSPS) is 30.0. The van der Waals surface area contributed by atoms with Crippen LogP contribution in [0.1, 0.15) is 12.8 Å². The Morgan fingerprint density at radius 1 is 1.42 bits per heavy atom. The van der Waals surface area contributed by atoms with Crippen LogP contribution in [-0.2, 0) is 0 Å². The molecule has 108 valence electrons. The van der Waals surface area contributed by atoms with Crippen LogP contribution < -0.4 is 16.8 Å². The molecule has 0 saturated carbocycles. The van der Waals surface area contributed by atoms with E-state index in [-0.39, 0.29) is 11.9 Å². The zero-order valence-corrected chi connectivity index (χ0v) is 10.5. The van der Waals surface area contributed by atoms with E-state index in [0.29, 0.717) is 25.9 Å². The number of nitrogens with one attached hydrogen (secondary N) is 1. The highest BCUT2D eigenvalue weighted by molar-refractivity contribution is 5.80. The number of aliphatic imine (C=N–C) groups is 1. The van der Waals surface area contributed by atoms with E-state index < -0.39 is 18.4 Å². The topological polar surface area (TPSA) is 79.7 Å². The van der Waals surface area contributed by atoms with Gasteiger partial charge in [0.1, 0.15) is 5.66 Å². The van der Waals surface area contributed by atoms with Crippen molar-refractivity contribution in [1.29, 1.82) is 0 Å². The highest BCUT2D eigenvalue weighted by atomic mass is 19.4. The third-order valence-electron chi connectivity index (χ3n) is 3.54. The fourth-order valence-corrected chi connectivity index (χ4v) is 2.57. The molecule has 0 aromatic rings. The number of hydrogen-bond acceptors (Lipinski definition) is 5. The minimum atomic E-state index is -4.15. The first-order chi connectivity index (χ1) is 8.78. The molecule has 0 spiro atoms. The van der Waals surface area contributed by atoms with E-state index in [1.165, 1.54) is 4.90 Å². The quantitative estimate of drug-likeness (QED) is 0.680. The van der Waals surface area contributed by atoms with Crippen LogP contribution >= 0.6 is 0 Å². The molecule has 1 fully saturated rings. The summed E-state index contributed by atoms with van der Waals surface area (Å²) >= 11 is 0. The molecule has 0 bridgehead atoms. The van der Waals surface area contributed by atoms with Gasteiger partial charge in [-0.25, -0.2) is 4.99 Å². The third-order valence-corrected chi connectivity index (χ3v) is 3.54. The first-order valence-corrected chi connectivity index (χ1v) is 6.16. The van der Waals surface area contributed by atoms with Crippen LogP contribution in [0.3, 0.4) is 0 Å². The van der Waals surface area contributed by atoms with E-state index in [0.717, 1.165) is 0 Å². The molecule has 2 aliphatic heterocycles. The van der Waals surface area contributed by atoms with Crippen molar-refractivity contribution >= 4 is 5.96 Å². The maximum Gasteiger partial charge on any atom is 0.401 e. The number of nitrogens with zero attached hydrogens (tertiary/aromatic N) is 2. The van der Waals surface area contributed by atoms with E-state index in [1.807, 2.05) is 0 Å². The minimum Gasteiger partial charge on any atom is -0.370 e. The zero-order chi connectivity index (χ0) is 14.1. The molecule has 0 aliphatic carbocycles. The Labute approximate surface area is 109 Å². The Morgan fingerprint density at radius 3 is 2.58 bits per heavy atom. The Bertz CT molecular complexity index is 384. The van der Waals surface area contributed by atoms with Gasteiger partial charge in [-0.2, -0.15) is 13.2 Å². The Kier molecular flexibility index (Phi) is 3.73. The third kappa shape index (κ3) is 3.60. The van der Waals surface area contributed by atoms with E-state index in [1.54, 1.807) is 12.3 Å². The molecule has 5 N–H and O–H groups in total. The summed E-state index contributed by atoms with van der Waals surface area (Å²) in [4.78, 5) is 5.57. The molecule has 1 unspecified atom stereocenters. The molecule has 0 aromatic carbocycles. The summed E-state index contributed by atoms with van der Waals surface area (Å²) in [6.07, 6.45) is 0.351. The highest BCUT2D eigenvalue weighted by Gasteiger charge is 2.38. The van der Waals surface area contributed by atoms with E-state index in [9.17, 15) is 13.2 Å². The number of hydrogen-bond donors (Lipinski definition) is 3. The smallest absolute Gasteiger partial charge is 0.370 e. The van der Waals surface area contributed by atoms with Crippen LogP contribution in [0, 0.1) is 5.92 Å². The van der Waals surface area contributed by atoms with Gasteiger partial charge in [-0.1, -0.05) is 0 Å². The number of halogens is 3. The summed E-state index contributed by atoms with van der Waals surface area (Å²) in [5.41, 5.74) is 10.8. The van der Waals surface area contributed by atoms with Crippen molar-refractivity contribution in [1.82, 2.24) is 10.2 Å². The van der Waals surface area contributed by atoms with Gasteiger partial charge in [-0.3, -0.25) is 4.90 Å². The van der Waals surface area contributed by atoms with Crippen molar-refractivity contribution in [3.63, 3.8) is 0 Å². The predicted molar refractivity (Wildman–Crippen MR) is 66.0 cm³/mol. The number of piperidine rings is 1. The molecule has 2 rings (SSSR count). The number of nitrogens with two attached hydrogens (primary N) is 2. The number of alkyl halides is 3. The Hall–Kier alpha value is -1.28. The van der Waals surface area contributed by atoms with Gasteiger partial charge in [0.15, 0.2) is 5.96 Å². The summed E-state index contributed by atoms with van der Waals surface area (Å²) in [6.45, 7) is -0.111.